The number of anilines is 1. The highest BCUT2D eigenvalue weighted by atomic mass is 35.5. The highest BCUT2D eigenvalue weighted by Gasteiger charge is 2.26. The molecule has 0 bridgehead atoms. The minimum atomic E-state index is -0.422. The Hall–Kier alpha value is -1.80. The van der Waals surface area contributed by atoms with Crippen LogP contribution < -0.4 is 15.4 Å². The number of ether oxygens (including phenoxy) is 1. The Labute approximate surface area is 133 Å². The molecule has 1 N–H and O–H groups in total. The van der Waals surface area contributed by atoms with Gasteiger partial charge in [-0.2, -0.15) is 0 Å². The third-order valence-corrected chi connectivity index (χ3v) is 3.47. The number of rotatable bonds is 6. The van der Waals surface area contributed by atoms with Crippen LogP contribution >= 0.6 is 11.6 Å². The molecule has 1 saturated heterocycles. The average molecular weight is 327 g/mol. The molecule has 0 spiro atoms. The van der Waals surface area contributed by atoms with Gasteiger partial charge in [0.1, 0.15) is 11.9 Å². The first-order valence-corrected chi connectivity index (χ1v) is 7.06. The van der Waals surface area contributed by atoms with Crippen molar-refractivity contribution in [2.24, 2.45) is 0 Å². The molecule has 1 aliphatic heterocycles. The quantitative estimate of drug-likeness (QED) is 0.635. The number of hydrogen-bond acceptors (Lipinski definition) is 6. The minimum absolute atomic E-state index is 0.273. The smallest absolute Gasteiger partial charge is 0.266 e. The molecule has 1 aromatic rings. The van der Waals surface area contributed by atoms with E-state index in [9.17, 15) is 10.0 Å². The van der Waals surface area contributed by atoms with E-state index in [1.54, 1.807) is 23.2 Å². The van der Waals surface area contributed by atoms with Crippen molar-refractivity contribution in [3.63, 3.8) is 0 Å². The second-order valence-electron chi connectivity index (χ2n) is 4.70. The maximum atomic E-state index is 12.5. The van der Waals surface area contributed by atoms with Crippen molar-refractivity contribution >= 4 is 23.2 Å². The highest BCUT2D eigenvalue weighted by Crippen LogP contribution is 2.32. The van der Waals surface area contributed by atoms with Crippen molar-refractivity contribution in [1.29, 1.82) is 0 Å². The molecule has 1 heterocycles. The summed E-state index contributed by atoms with van der Waals surface area (Å²) in [5.41, 5.74) is 2.58. The first-order chi connectivity index (χ1) is 10.5. The molecule has 0 aromatic heterocycles. The molecule has 22 heavy (non-hydrogen) atoms. The number of hydrogen-bond donors (Lipinski definition) is 1. The van der Waals surface area contributed by atoms with Gasteiger partial charge in [0, 0.05) is 18.1 Å². The monoisotopic (exact) mass is 326 g/mol. The number of carbonyl (C=O) groups is 1. The second-order valence-corrected chi connectivity index (χ2v) is 5.14. The van der Waals surface area contributed by atoms with Gasteiger partial charge in [-0.1, -0.05) is 18.2 Å². The van der Waals surface area contributed by atoms with Crippen molar-refractivity contribution < 1.29 is 14.4 Å². The van der Waals surface area contributed by atoms with Crippen LogP contribution in [0.1, 0.15) is 6.42 Å². The van der Waals surface area contributed by atoms with Crippen LogP contribution in [0.2, 0.25) is 5.02 Å². The van der Waals surface area contributed by atoms with Gasteiger partial charge < -0.3 is 15.1 Å². The summed E-state index contributed by atoms with van der Waals surface area (Å²) in [4.78, 5) is 16.3. The lowest BCUT2D eigenvalue weighted by Crippen LogP contribution is -2.39. The Bertz CT molecular complexity index is 555. The van der Waals surface area contributed by atoms with Gasteiger partial charge in [-0.25, -0.2) is 10.5 Å². The molecule has 1 aliphatic rings. The topological polar surface area (TPSA) is 77.1 Å². The number of carbonyl (C=O) groups excluding carboxylic acids is 1. The van der Waals surface area contributed by atoms with Crippen LogP contribution in [0.3, 0.4) is 0 Å². The molecule has 0 aliphatic carbocycles. The lowest BCUT2D eigenvalue weighted by Gasteiger charge is -2.39. The van der Waals surface area contributed by atoms with Gasteiger partial charge in [-0.05, 0) is 30.7 Å². The van der Waals surface area contributed by atoms with E-state index in [-0.39, 0.29) is 6.10 Å². The van der Waals surface area contributed by atoms with Crippen LogP contribution in [0.25, 0.3) is 0 Å². The van der Waals surface area contributed by atoms with Gasteiger partial charge in [0.25, 0.3) is 5.91 Å². The number of nitrogens with one attached hydrogen (secondary N) is 1. The maximum Gasteiger partial charge on any atom is 0.266 e. The molecular weight excluding hydrogens is 310 g/mol. The molecule has 1 aromatic carbocycles. The summed E-state index contributed by atoms with van der Waals surface area (Å²) in [6.45, 7) is 4.17. The zero-order valence-corrected chi connectivity index (χ0v) is 12.9. The van der Waals surface area contributed by atoms with Crippen molar-refractivity contribution in [1.82, 2.24) is 10.5 Å². The Balaban J connectivity index is 1.99. The van der Waals surface area contributed by atoms with Crippen LogP contribution in [0.5, 0.6) is 5.75 Å². The summed E-state index contributed by atoms with van der Waals surface area (Å²) in [7, 11) is 1.49. The van der Waals surface area contributed by atoms with Gasteiger partial charge in [0.15, 0.2) is 0 Å². The number of hydrazine groups is 1. The third kappa shape index (κ3) is 3.89. The first-order valence-electron chi connectivity index (χ1n) is 6.69. The zero-order chi connectivity index (χ0) is 16.1. The van der Waals surface area contributed by atoms with Crippen LogP contribution in [-0.4, -0.2) is 37.2 Å². The van der Waals surface area contributed by atoms with Crippen molar-refractivity contribution in [2.45, 2.75) is 12.5 Å². The Morgan fingerprint density at radius 3 is 3.09 bits per heavy atom. The van der Waals surface area contributed by atoms with Crippen molar-refractivity contribution in [2.75, 3.05) is 25.4 Å². The summed E-state index contributed by atoms with van der Waals surface area (Å²) in [6, 6.07) is 4.83. The molecule has 1 amide bonds. The molecule has 120 valence electrons. The Morgan fingerprint density at radius 1 is 1.64 bits per heavy atom. The molecule has 1 unspecified atom stereocenters. The van der Waals surface area contributed by atoms with Crippen LogP contribution in [0.15, 0.2) is 30.9 Å². The lowest BCUT2D eigenvalue weighted by atomic mass is 10.3. The molecule has 0 radical (unpaired) electrons. The molecule has 8 heteroatoms. The molecule has 0 saturated carbocycles. The fourth-order valence-corrected chi connectivity index (χ4v) is 2.29. The number of halogens is 1. The fraction of sp³-hybridized carbons (Fsp3) is 0.357. The van der Waals surface area contributed by atoms with E-state index in [0.717, 1.165) is 11.2 Å². The molecule has 1 atom stereocenters. The minimum Gasteiger partial charge on any atom is -0.743 e. The van der Waals surface area contributed by atoms with E-state index in [4.69, 9.17) is 21.2 Å². The van der Waals surface area contributed by atoms with Gasteiger partial charge in [-0.3, -0.25) is 9.63 Å². The summed E-state index contributed by atoms with van der Waals surface area (Å²) < 4.78 is 5.18. The SMILES string of the molecule is C=CC(=O)NOC1CCN(N([O-])c2cc(Cl)ccc2OC)C1. The lowest BCUT2D eigenvalue weighted by molar-refractivity contribution is -0.132. The zero-order valence-electron chi connectivity index (χ0n) is 12.1. The predicted molar refractivity (Wildman–Crippen MR) is 83.3 cm³/mol. The predicted octanol–water partition coefficient (Wildman–Crippen LogP) is 1.88. The summed E-state index contributed by atoms with van der Waals surface area (Å²) >= 11 is 5.93. The van der Waals surface area contributed by atoms with Gasteiger partial charge >= 0.3 is 0 Å². The van der Waals surface area contributed by atoms with Gasteiger partial charge in [0.05, 0.1) is 12.8 Å². The second kappa shape index (κ2) is 7.46. The van der Waals surface area contributed by atoms with E-state index in [1.165, 1.54) is 7.11 Å². The molecule has 1 fully saturated rings. The number of methoxy groups -OCH3 is 1. The third-order valence-electron chi connectivity index (χ3n) is 3.24. The fourth-order valence-electron chi connectivity index (χ4n) is 2.12. The van der Waals surface area contributed by atoms with E-state index in [0.29, 0.717) is 36.0 Å². The first kappa shape index (κ1) is 16.6. The molecule has 2 rings (SSSR count). The van der Waals surface area contributed by atoms with Crippen molar-refractivity contribution in [3.8, 4) is 5.75 Å². The molecule has 7 nitrogen and oxygen atoms in total. The average Bonchev–Trinajstić information content (AvgIpc) is 3.00. The molecular formula is C14H17ClN3O4-. The Kier molecular flexibility index (Phi) is 5.62. The maximum absolute atomic E-state index is 12.5. The van der Waals surface area contributed by atoms with E-state index >= 15 is 0 Å². The number of benzene rings is 1. The largest absolute Gasteiger partial charge is 0.743 e. The normalized spacial score (nSPS) is 18.0. The number of amides is 1. The van der Waals surface area contributed by atoms with E-state index < -0.39 is 5.91 Å². The van der Waals surface area contributed by atoms with Gasteiger partial charge in [0.2, 0.25) is 0 Å². The summed E-state index contributed by atoms with van der Waals surface area (Å²) in [5, 5.41) is 15.2. The van der Waals surface area contributed by atoms with Gasteiger partial charge in [-0.15, -0.1) is 0 Å². The van der Waals surface area contributed by atoms with E-state index in [2.05, 4.69) is 12.1 Å². The van der Waals surface area contributed by atoms with Crippen LogP contribution in [0, 0.1) is 5.21 Å². The standard InChI is InChI=1S/C14H17ClN3O4/c1-3-14(19)16-22-11-6-7-17(9-11)18(20)12-8-10(15)4-5-13(12)21-2/h3-5,8,11H,1,6-7,9H2,2H3,(H,16,19)/q-1. The van der Waals surface area contributed by atoms with Crippen LogP contribution in [-0.2, 0) is 9.63 Å². The van der Waals surface area contributed by atoms with E-state index in [1.807, 2.05) is 0 Å². The number of hydroxylamine groups is 1. The Morgan fingerprint density at radius 2 is 2.41 bits per heavy atom. The highest BCUT2D eigenvalue weighted by molar-refractivity contribution is 6.30. The summed E-state index contributed by atoms with van der Waals surface area (Å²) in [6.07, 6.45) is 1.45. The van der Waals surface area contributed by atoms with Crippen molar-refractivity contribution in [3.05, 3.63) is 41.1 Å². The summed E-state index contributed by atoms with van der Waals surface area (Å²) in [5.74, 6) is 0.0117. The van der Waals surface area contributed by atoms with Crippen LogP contribution in [0.4, 0.5) is 5.69 Å². The number of nitrogens with zero attached hydrogens (tertiary/aromatic N) is 2.